The highest BCUT2D eigenvalue weighted by Crippen LogP contribution is 2.14. The number of nitrogens with one attached hydrogen (secondary N) is 1. The smallest absolute Gasteiger partial charge is 0.0343 e. The minimum absolute atomic E-state index is 0.238. The van der Waals surface area contributed by atoms with Crippen LogP contribution in [-0.4, -0.2) is 12.6 Å². The molecule has 1 unspecified atom stereocenters. The lowest BCUT2D eigenvalue weighted by Crippen LogP contribution is -2.30. The number of hydrogen-bond acceptors (Lipinski definition) is 2. The lowest BCUT2D eigenvalue weighted by molar-refractivity contribution is 0.508. The molecular formula is C14H24N2. The van der Waals surface area contributed by atoms with Gasteiger partial charge in [-0.3, -0.25) is 0 Å². The van der Waals surface area contributed by atoms with Crippen LogP contribution in [-0.2, 0) is 0 Å². The van der Waals surface area contributed by atoms with E-state index in [1.807, 2.05) is 0 Å². The van der Waals surface area contributed by atoms with E-state index in [9.17, 15) is 0 Å². The maximum atomic E-state index is 6.03. The Labute approximate surface area is 99.2 Å². The fourth-order valence-corrected chi connectivity index (χ4v) is 1.79. The second-order valence-corrected chi connectivity index (χ2v) is 5.07. The van der Waals surface area contributed by atoms with Crippen molar-refractivity contribution in [3.63, 3.8) is 0 Å². The average molecular weight is 220 g/mol. The third-order valence-corrected chi connectivity index (χ3v) is 2.85. The molecule has 2 heteroatoms. The van der Waals surface area contributed by atoms with Crippen molar-refractivity contribution in [1.29, 1.82) is 0 Å². The van der Waals surface area contributed by atoms with Crippen LogP contribution in [0, 0.1) is 19.8 Å². The summed E-state index contributed by atoms with van der Waals surface area (Å²) in [6, 6.07) is 6.68. The Hall–Kier alpha value is -1.02. The van der Waals surface area contributed by atoms with Crippen LogP contribution in [0.3, 0.4) is 0 Å². The summed E-state index contributed by atoms with van der Waals surface area (Å²) in [4.78, 5) is 0. The Balaban J connectivity index is 2.45. The molecule has 0 aliphatic carbocycles. The van der Waals surface area contributed by atoms with E-state index in [0.29, 0.717) is 5.92 Å². The first kappa shape index (κ1) is 13.0. The van der Waals surface area contributed by atoms with Crippen molar-refractivity contribution in [3.8, 4) is 0 Å². The lowest BCUT2D eigenvalue weighted by atomic mass is 10.0. The lowest BCUT2D eigenvalue weighted by Gasteiger charge is -2.16. The van der Waals surface area contributed by atoms with Gasteiger partial charge in [-0.2, -0.15) is 0 Å². The van der Waals surface area contributed by atoms with E-state index < -0.39 is 0 Å². The maximum absolute atomic E-state index is 6.03. The zero-order valence-corrected chi connectivity index (χ0v) is 10.9. The largest absolute Gasteiger partial charge is 0.383 e. The molecule has 1 atom stereocenters. The molecule has 16 heavy (non-hydrogen) atoms. The van der Waals surface area contributed by atoms with E-state index in [2.05, 4.69) is 51.2 Å². The van der Waals surface area contributed by atoms with Crippen LogP contribution in [0.5, 0.6) is 0 Å². The summed E-state index contributed by atoms with van der Waals surface area (Å²) in [6.07, 6.45) is 1.07. The zero-order chi connectivity index (χ0) is 12.1. The Bertz CT molecular complexity index is 332. The zero-order valence-electron chi connectivity index (χ0n) is 10.9. The average Bonchev–Trinajstić information content (AvgIpc) is 2.19. The molecule has 3 N–H and O–H groups in total. The minimum atomic E-state index is 0.238. The van der Waals surface area contributed by atoms with Gasteiger partial charge >= 0.3 is 0 Å². The van der Waals surface area contributed by atoms with Crippen molar-refractivity contribution in [2.24, 2.45) is 11.7 Å². The summed E-state index contributed by atoms with van der Waals surface area (Å²) in [6.45, 7) is 9.52. The Kier molecular flexibility index (Phi) is 4.81. The molecule has 2 nitrogen and oxygen atoms in total. The van der Waals surface area contributed by atoms with Crippen molar-refractivity contribution >= 4 is 5.69 Å². The molecule has 0 heterocycles. The van der Waals surface area contributed by atoms with E-state index in [1.165, 1.54) is 16.8 Å². The van der Waals surface area contributed by atoms with Gasteiger partial charge in [-0.15, -0.1) is 0 Å². The molecule has 0 aromatic heterocycles. The molecule has 0 saturated carbocycles. The minimum Gasteiger partial charge on any atom is -0.383 e. The fourth-order valence-electron chi connectivity index (χ4n) is 1.79. The van der Waals surface area contributed by atoms with Gasteiger partial charge < -0.3 is 11.1 Å². The molecule has 0 aliphatic rings. The normalized spacial score (nSPS) is 12.9. The van der Waals surface area contributed by atoms with Crippen LogP contribution in [0.25, 0.3) is 0 Å². The van der Waals surface area contributed by atoms with Gasteiger partial charge in [0.05, 0.1) is 0 Å². The van der Waals surface area contributed by atoms with Gasteiger partial charge in [0.1, 0.15) is 0 Å². The molecule has 0 radical (unpaired) electrons. The van der Waals surface area contributed by atoms with Gasteiger partial charge in [-0.05, 0) is 49.4 Å². The highest BCUT2D eigenvalue weighted by atomic mass is 14.9. The van der Waals surface area contributed by atoms with E-state index in [0.717, 1.165) is 13.0 Å². The topological polar surface area (TPSA) is 38.0 Å². The number of benzene rings is 1. The molecular weight excluding hydrogens is 196 g/mol. The van der Waals surface area contributed by atoms with Crippen LogP contribution in [0.4, 0.5) is 5.69 Å². The number of nitrogens with two attached hydrogens (primary N) is 1. The first-order valence-electron chi connectivity index (χ1n) is 6.05. The molecule has 0 fully saturated rings. The molecule has 0 saturated heterocycles. The monoisotopic (exact) mass is 220 g/mol. The van der Waals surface area contributed by atoms with Crippen molar-refractivity contribution in [2.45, 2.75) is 40.2 Å². The van der Waals surface area contributed by atoms with Crippen LogP contribution in [0.1, 0.15) is 31.4 Å². The Morgan fingerprint density at radius 2 is 1.88 bits per heavy atom. The summed E-state index contributed by atoms with van der Waals surface area (Å²) >= 11 is 0. The van der Waals surface area contributed by atoms with Gasteiger partial charge in [0.2, 0.25) is 0 Å². The van der Waals surface area contributed by atoms with Crippen molar-refractivity contribution in [3.05, 3.63) is 29.3 Å². The Morgan fingerprint density at radius 3 is 2.44 bits per heavy atom. The number of rotatable bonds is 5. The molecule has 0 aliphatic heterocycles. The predicted molar refractivity (Wildman–Crippen MR) is 71.8 cm³/mol. The molecule has 0 spiro atoms. The number of hydrogen-bond donors (Lipinski definition) is 2. The third kappa shape index (κ3) is 4.23. The van der Waals surface area contributed by atoms with E-state index >= 15 is 0 Å². The molecule has 1 aromatic carbocycles. The SMILES string of the molecule is Cc1ccc(NCC(N)CC(C)C)cc1C. The fraction of sp³-hybridized carbons (Fsp3) is 0.571. The molecule has 1 aromatic rings. The summed E-state index contributed by atoms with van der Waals surface area (Å²) in [5, 5.41) is 3.39. The van der Waals surface area contributed by atoms with Gasteiger partial charge in [0, 0.05) is 18.3 Å². The highest BCUT2D eigenvalue weighted by molar-refractivity contribution is 5.48. The predicted octanol–water partition coefficient (Wildman–Crippen LogP) is 3.09. The van der Waals surface area contributed by atoms with Gasteiger partial charge in [-0.25, -0.2) is 0 Å². The van der Waals surface area contributed by atoms with Crippen molar-refractivity contribution < 1.29 is 0 Å². The Morgan fingerprint density at radius 1 is 1.19 bits per heavy atom. The maximum Gasteiger partial charge on any atom is 0.0343 e. The molecule has 0 amide bonds. The van der Waals surface area contributed by atoms with Crippen LogP contribution in [0.2, 0.25) is 0 Å². The van der Waals surface area contributed by atoms with Gasteiger partial charge in [-0.1, -0.05) is 19.9 Å². The van der Waals surface area contributed by atoms with Crippen LogP contribution in [0.15, 0.2) is 18.2 Å². The van der Waals surface area contributed by atoms with Crippen molar-refractivity contribution in [2.75, 3.05) is 11.9 Å². The second kappa shape index (κ2) is 5.90. The van der Waals surface area contributed by atoms with E-state index in [1.54, 1.807) is 0 Å². The van der Waals surface area contributed by atoms with Crippen molar-refractivity contribution in [1.82, 2.24) is 0 Å². The highest BCUT2D eigenvalue weighted by Gasteiger charge is 2.05. The van der Waals surface area contributed by atoms with Gasteiger partial charge in [0.25, 0.3) is 0 Å². The van der Waals surface area contributed by atoms with E-state index in [-0.39, 0.29) is 6.04 Å². The standard InChI is InChI=1S/C14H24N2/c1-10(2)7-13(15)9-16-14-6-5-11(3)12(4)8-14/h5-6,8,10,13,16H,7,9,15H2,1-4H3. The quantitative estimate of drug-likeness (QED) is 0.800. The first-order chi connectivity index (χ1) is 7.49. The number of aryl methyl sites for hydroxylation is 2. The summed E-state index contributed by atoms with van der Waals surface area (Å²) < 4.78 is 0. The molecule has 0 bridgehead atoms. The van der Waals surface area contributed by atoms with Crippen LogP contribution >= 0.6 is 0 Å². The summed E-state index contributed by atoms with van der Waals surface area (Å²) in [5.74, 6) is 0.663. The summed E-state index contributed by atoms with van der Waals surface area (Å²) in [7, 11) is 0. The summed E-state index contributed by atoms with van der Waals surface area (Å²) in [5.41, 5.74) is 9.85. The van der Waals surface area contributed by atoms with Crippen LogP contribution < -0.4 is 11.1 Å². The van der Waals surface area contributed by atoms with E-state index in [4.69, 9.17) is 5.73 Å². The van der Waals surface area contributed by atoms with Gasteiger partial charge in [0.15, 0.2) is 0 Å². The first-order valence-corrected chi connectivity index (χ1v) is 6.05. The molecule has 1 rings (SSSR count). The second-order valence-electron chi connectivity index (χ2n) is 5.07. The number of anilines is 1. The molecule has 90 valence electrons. The third-order valence-electron chi connectivity index (χ3n) is 2.85.